The summed E-state index contributed by atoms with van der Waals surface area (Å²) >= 11 is 0. The molecule has 0 unspecified atom stereocenters. The highest BCUT2D eigenvalue weighted by atomic mass is 19.1. The van der Waals surface area contributed by atoms with Crippen LogP contribution in [0.1, 0.15) is 23.3 Å². The minimum Gasteiger partial charge on any atom is -0.387 e. The second-order valence-corrected chi connectivity index (χ2v) is 5.60. The highest BCUT2D eigenvalue weighted by Gasteiger charge is 2.23. The van der Waals surface area contributed by atoms with Crippen molar-refractivity contribution in [3.8, 4) is 0 Å². The van der Waals surface area contributed by atoms with E-state index in [0.29, 0.717) is 19.7 Å². The van der Waals surface area contributed by atoms with Crippen molar-refractivity contribution in [2.45, 2.75) is 12.2 Å². The summed E-state index contributed by atoms with van der Waals surface area (Å²) in [5, 5.41) is 10.3. The molecule has 4 heteroatoms. The summed E-state index contributed by atoms with van der Waals surface area (Å²) in [6.45, 7) is 2.69. The molecule has 22 heavy (non-hydrogen) atoms. The van der Waals surface area contributed by atoms with Gasteiger partial charge in [-0.25, -0.2) is 4.39 Å². The molecule has 0 bridgehead atoms. The summed E-state index contributed by atoms with van der Waals surface area (Å²) < 4.78 is 18.8. The Morgan fingerprint density at radius 2 is 1.86 bits per heavy atom. The normalized spacial score (nSPS) is 20.7. The fraction of sp³-hybridized carbons (Fsp3) is 0.333. The minimum absolute atomic E-state index is 0.0719. The fourth-order valence-corrected chi connectivity index (χ4v) is 2.77. The Balaban J connectivity index is 1.62. The summed E-state index contributed by atoms with van der Waals surface area (Å²) in [5.41, 5.74) is 1.90. The molecule has 2 atom stereocenters. The summed E-state index contributed by atoms with van der Waals surface area (Å²) in [6.07, 6.45) is -0.578. The first-order valence-corrected chi connectivity index (χ1v) is 7.55. The van der Waals surface area contributed by atoms with Crippen LogP contribution in [0.25, 0.3) is 0 Å². The molecule has 0 saturated carbocycles. The van der Waals surface area contributed by atoms with Gasteiger partial charge >= 0.3 is 0 Å². The van der Waals surface area contributed by atoms with Gasteiger partial charge in [0.2, 0.25) is 0 Å². The molecule has 0 aromatic heterocycles. The molecule has 0 spiro atoms. The van der Waals surface area contributed by atoms with Gasteiger partial charge in [0.05, 0.1) is 18.8 Å². The molecule has 0 aliphatic carbocycles. The maximum absolute atomic E-state index is 13.0. The van der Waals surface area contributed by atoms with Crippen LogP contribution in [0.3, 0.4) is 0 Å². The number of ether oxygens (including phenoxy) is 1. The molecule has 3 nitrogen and oxygen atoms in total. The van der Waals surface area contributed by atoms with Crippen molar-refractivity contribution >= 4 is 0 Å². The molecular weight excluding hydrogens is 281 g/mol. The van der Waals surface area contributed by atoms with E-state index in [2.05, 4.69) is 4.90 Å². The van der Waals surface area contributed by atoms with Crippen molar-refractivity contribution in [1.82, 2.24) is 4.90 Å². The maximum atomic E-state index is 13.0. The third-order valence-corrected chi connectivity index (χ3v) is 4.01. The van der Waals surface area contributed by atoms with E-state index in [0.717, 1.165) is 17.7 Å². The highest BCUT2D eigenvalue weighted by Crippen LogP contribution is 2.24. The quantitative estimate of drug-likeness (QED) is 0.942. The zero-order valence-electron chi connectivity index (χ0n) is 12.4. The molecule has 1 fully saturated rings. The predicted octanol–water partition coefficient (Wildman–Crippen LogP) is 2.93. The van der Waals surface area contributed by atoms with Gasteiger partial charge in [0, 0.05) is 19.6 Å². The Bertz CT molecular complexity index is 588. The van der Waals surface area contributed by atoms with Gasteiger partial charge in [0.15, 0.2) is 0 Å². The van der Waals surface area contributed by atoms with E-state index >= 15 is 0 Å². The lowest BCUT2D eigenvalue weighted by atomic mass is 10.1. The fourth-order valence-electron chi connectivity index (χ4n) is 2.77. The maximum Gasteiger partial charge on any atom is 0.123 e. The van der Waals surface area contributed by atoms with Gasteiger partial charge in [-0.1, -0.05) is 42.5 Å². The van der Waals surface area contributed by atoms with Gasteiger partial charge in [-0.05, 0) is 23.3 Å². The molecule has 1 N–H and O–H groups in total. The molecule has 116 valence electrons. The summed E-state index contributed by atoms with van der Waals surface area (Å²) in [5.74, 6) is -0.240. The van der Waals surface area contributed by atoms with Crippen LogP contribution in [0.2, 0.25) is 0 Å². The average molecular weight is 301 g/mol. The van der Waals surface area contributed by atoms with E-state index in [1.165, 1.54) is 12.1 Å². The standard InChI is InChI=1S/C18H20FNO2/c19-16-8-6-15(7-9-16)18-13-20(10-11-22-18)12-17(21)14-4-2-1-3-5-14/h1-9,17-18,21H,10-13H2/t17-,18+/m1/s1. The first kappa shape index (κ1) is 15.2. The number of morpholine rings is 1. The topological polar surface area (TPSA) is 32.7 Å². The van der Waals surface area contributed by atoms with Crippen molar-refractivity contribution in [3.05, 3.63) is 71.5 Å². The Morgan fingerprint density at radius 3 is 2.59 bits per heavy atom. The van der Waals surface area contributed by atoms with Gasteiger partial charge in [0.1, 0.15) is 5.82 Å². The molecule has 1 saturated heterocycles. The van der Waals surface area contributed by atoms with Gasteiger partial charge < -0.3 is 9.84 Å². The van der Waals surface area contributed by atoms with E-state index in [4.69, 9.17) is 4.74 Å². The Hall–Kier alpha value is -1.75. The molecule has 2 aromatic carbocycles. The summed E-state index contributed by atoms with van der Waals surface area (Å²) in [4.78, 5) is 2.19. The lowest BCUT2D eigenvalue weighted by Gasteiger charge is -2.34. The van der Waals surface area contributed by atoms with Crippen LogP contribution in [0.15, 0.2) is 54.6 Å². The number of hydrogen-bond donors (Lipinski definition) is 1. The van der Waals surface area contributed by atoms with Crippen LogP contribution in [-0.2, 0) is 4.74 Å². The summed E-state index contributed by atoms with van der Waals surface area (Å²) in [6, 6.07) is 16.1. The largest absolute Gasteiger partial charge is 0.387 e. The lowest BCUT2D eigenvalue weighted by Crippen LogP contribution is -2.40. The Kier molecular flexibility index (Phi) is 4.83. The lowest BCUT2D eigenvalue weighted by molar-refractivity contribution is -0.0424. The van der Waals surface area contributed by atoms with Gasteiger partial charge in [-0.2, -0.15) is 0 Å². The number of benzene rings is 2. The number of β-amino-alcohol motifs (C(OH)–C–C–N with tert-alkyl or cyclic N) is 1. The first-order valence-electron chi connectivity index (χ1n) is 7.55. The first-order chi connectivity index (χ1) is 10.7. The third kappa shape index (κ3) is 3.71. The van der Waals surface area contributed by atoms with E-state index in [1.807, 2.05) is 30.3 Å². The second-order valence-electron chi connectivity index (χ2n) is 5.60. The number of aliphatic hydroxyl groups is 1. The highest BCUT2D eigenvalue weighted by molar-refractivity contribution is 5.20. The molecular formula is C18H20FNO2. The van der Waals surface area contributed by atoms with Crippen molar-refractivity contribution in [2.24, 2.45) is 0 Å². The zero-order valence-corrected chi connectivity index (χ0v) is 12.4. The Labute approximate surface area is 130 Å². The van der Waals surface area contributed by atoms with Gasteiger partial charge in [0.25, 0.3) is 0 Å². The van der Waals surface area contributed by atoms with Crippen molar-refractivity contribution in [2.75, 3.05) is 26.2 Å². The molecule has 1 aliphatic heterocycles. The van der Waals surface area contributed by atoms with Crippen LogP contribution in [0.5, 0.6) is 0 Å². The number of nitrogens with zero attached hydrogens (tertiary/aromatic N) is 1. The van der Waals surface area contributed by atoms with Crippen LogP contribution in [0, 0.1) is 5.82 Å². The van der Waals surface area contributed by atoms with Crippen molar-refractivity contribution in [1.29, 1.82) is 0 Å². The van der Waals surface area contributed by atoms with E-state index in [1.54, 1.807) is 12.1 Å². The third-order valence-electron chi connectivity index (χ3n) is 4.01. The molecule has 2 aromatic rings. The average Bonchev–Trinajstić information content (AvgIpc) is 2.56. The summed E-state index contributed by atoms with van der Waals surface area (Å²) in [7, 11) is 0. The molecule has 0 radical (unpaired) electrons. The number of aliphatic hydroxyl groups excluding tert-OH is 1. The van der Waals surface area contributed by atoms with Crippen LogP contribution >= 0.6 is 0 Å². The van der Waals surface area contributed by atoms with Crippen molar-refractivity contribution < 1.29 is 14.2 Å². The minimum atomic E-state index is -0.506. The van der Waals surface area contributed by atoms with Crippen LogP contribution in [-0.4, -0.2) is 36.2 Å². The van der Waals surface area contributed by atoms with Gasteiger partial charge in [-0.3, -0.25) is 4.90 Å². The van der Waals surface area contributed by atoms with E-state index < -0.39 is 6.10 Å². The predicted molar refractivity (Wildman–Crippen MR) is 82.9 cm³/mol. The van der Waals surface area contributed by atoms with Crippen LogP contribution < -0.4 is 0 Å². The van der Waals surface area contributed by atoms with E-state index in [-0.39, 0.29) is 11.9 Å². The number of rotatable bonds is 4. The number of hydrogen-bond acceptors (Lipinski definition) is 3. The monoisotopic (exact) mass is 301 g/mol. The zero-order chi connectivity index (χ0) is 15.4. The molecule has 0 amide bonds. The smallest absolute Gasteiger partial charge is 0.123 e. The SMILES string of the molecule is O[C@H](CN1CCO[C@H](c2ccc(F)cc2)C1)c1ccccc1. The van der Waals surface area contributed by atoms with E-state index in [9.17, 15) is 9.50 Å². The Morgan fingerprint density at radius 1 is 1.14 bits per heavy atom. The number of halogens is 1. The molecule has 1 heterocycles. The van der Waals surface area contributed by atoms with Gasteiger partial charge in [-0.15, -0.1) is 0 Å². The molecule has 1 aliphatic rings. The molecule has 3 rings (SSSR count). The van der Waals surface area contributed by atoms with Crippen molar-refractivity contribution in [3.63, 3.8) is 0 Å². The van der Waals surface area contributed by atoms with Crippen LogP contribution in [0.4, 0.5) is 4.39 Å². The second kappa shape index (κ2) is 7.01.